The average molecular weight is 228 g/mol. The molecule has 0 radical (unpaired) electrons. The van der Waals surface area contributed by atoms with Crippen LogP contribution in [0.2, 0.25) is 0 Å². The Balaban J connectivity index is 1.84. The molecule has 2 heterocycles. The molecule has 1 aliphatic rings. The summed E-state index contributed by atoms with van der Waals surface area (Å²) in [6.45, 7) is 0. The van der Waals surface area contributed by atoms with E-state index in [1.54, 1.807) is 11.3 Å². The fourth-order valence-electron chi connectivity index (χ4n) is 1.90. The molecule has 3 heteroatoms. The maximum atomic E-state index is 9.96. The molecule has 1 atom stereocenters. The van der Waals surface area contributed by atoms with E-state index in [1.165, 1.54) is 24.3 Å². The number of rotatable bonds is 3. The number of thiophene rings is 1. The summed E-state index contributed by atoms with van der Waals surface area (Å²) in [7, 11) is 0. The molecule has 1 fully saturated rings. The van der Waals surface area contributed by atoms with Crippen LogP contribution in [-0.4, -0.2) is 16.6 Å². The Bertz CT molecular complexity index is 252. The van der Waals surface area contributed by atoms with Gasteiger partial charge in [-0.2, -0.15) is 23.1 Å². The van der Waals surface area contributed by atoms with E-state index in [-0.39, 0.29) is 6.10 Å². The predicted molar refractivity (Wildman–Crippen MR) is 63.9 cm³/mol. The summed E-state index contributed by atoms with van der Waals surface area (Å²) in [5.74, 6) is 3.30. The number of hydrogen-bond acceptors (Lipinski definition) is 3. The van der Waals surface area contributed by atoms with Crippen molar-refractivity contribution in [1.29, 1.82) is 0 Å². The molecule has 2 rings (SSSR count). The van der Waals surface area contributed by atoms with Gasteiger partial charge in [-0.15, -0.1) is 0 Å². The first kappa shape index (κ1) is 10.5. The maximum absolute atomic E-state index is 9.96. The molecule has 1 nitrogen and oxygen atoms in total. The molecule has 0 aliphatic carbocycles. The maximum Gasteiger partial charge on any atom is 0.0800 e. The summed E-state index contributed by atoms with van der Waals surface area (Å²) in [4.78, 5) is 0. The van der Waals surface area contributed by atoms with Crippen molar-refractivity contribution in [2.75, 3.05) is 11.5 Å². The van der Waals surface area contributed by atoms with Gasteiger partial charge < -0.3 is 5.11 Å². The fraction of sp³-hybridized carbons (Fsp3) is 0.636. The van der Waals surface area contributed by atoms with E-state index in [2.05, 4.69) is 5.38 Å². The largest absolute Gasteiger partial charge is 0.388 e. The zero-order valence-electron chi connectivity index (χ0n) is 8.19. The monoisotopic (exact) mass is 228 g/mol. The zero-order valence-corrected chi connectivity index (χ0v) is 9.82. The van der Waals surface area contributed by atoms with Crippen LogP contribution in [0.1, 0.15) is 30.9 Å². The molecule has 14 heavy (non-hydrogen) atoms. The lowest BCUT2D eigenvalue weighted by atomic mass is 9.93. The van der Waals surface area contributed by atoms with Gasteiger partial charge in [-0.3, -0.25) is 0 Å². The van der Waals surface area contributed by atoms with Gasteiger partial charge in [0.15, 0.2) is 0 Å². The van der Waals surface area contributed by atoms with Crippen LogP contribution in [-0.2, 0) is 0 Å². The van der Waals surface area contributed by atoms with E-state index in [4.69, 9.17) is 0 Å². The smallest absolute Gasteiger partial charge is 0.0800 e. The van der Waals surface area contributed by atoms with Crippen LogP contribution in [0.5, 0.6) is 0 Å². The molecule has 1 aromatic rings. The van der Waals surface area contributed by atoms with E-state index in [0.717, 1.165) is 17.9 Å². The van der Waals surface area contributed by atoms with E-state index in [0.29, 0.717) is 0 Å². The molecule has 1 saturated heterocycles. The molecule has 0 spiro atoms. The predicted octanol–water partition coefficient (Wildman–Crippen LogP) is 3.31. The minimum absolute atomic E-state index is 0.227. The lowest BCUT2D eigenvalue weighted by Gasteiger charge is -2.23. The van der Waals surface area contributed by atoms with Crippen molar-refractivity contribution < 1.29 is 5.11 Å². The molecule has 0 bridgehead atoms. The van der Waals surface area contributed by atoms with Crippen LogP contribution in [0.25, 0.3) is 0 Å². The quantitative estimate of drug-likeness (QED) is 0.856. The third kappa shape index (κ3) is 2.75. The third-order valence-corrected chi connectivity index (χ3v) is 4.58. The highest BCUT2D eigenvalue weighted by molar-refractivity contribution is 7.99. The van der Waals surface area contributed by atoms with Gasteiger partial charge in [0, 0.05) is 0 Å². The second kappa shape index (κ2) is 5.19. The summed E-state index contributed by atoms with van der Waals surface area (Å²) >= 11 is 3.71. The van der Waals surface area contributed by atoms with Crippen LogP contribution in [0.4, 0.5) is 0 Å². The Morgan fingerprint density at radius 1 is 1.43 bits per heavy atom. The van der Waals surface area contributed by atoms with Crippen molar-refractivity contribution in [2.45, 2.75) is 25.4 Å². The Kier molecular flexibility index (Phi) is 3.90. The lowest BCUT2D eigenvalue weighted by Crippen LogP contribution is -2.13. The number of aliphatic hydroxyl groups is 1. The second-order valence-corrected chi connectivity index (χ2v) is 5.87. The Morgan fingerprint density at radius 2 is 2.21 bits per heavy atom. The Labute approximate surface area is 93.5 Å². The Hall–Kier alpha value is 0.01000. The van der Waals surface area contributed by atoms with E-state index in [9.17, 15) is 5.11 Å². The first-order chi connectivity index (χ1) is 6.86. The number of thioether (sulfide) groups is 1. The minimum atomic E-state index is -0.227. The Morgan fingerprint density at radius 3 is 2.86 bits per heavy atom. The SMILES string of the molecule is OC(CC1CCSCC1)c1ccsc1. The normalized spacial score (nSPS) is 20.9. The molecular formula is C11H16OS2. The molecular weight excluding hydrogens is 212 g/mol. The third-order valence-electron chi connectivity index (χ3n) is 2.83. The number of hydrogen-bond donors (Lipinski definition) is 1. The molecule has 0 amide bonds. The van der Waals surface area contributed by atoms with Crippen molar-refractivity contribution in [2.24, 2.45) is 5.92 Å². The molecule has 1 aliphatic heterocycles. The van der Waals surface area contributed by atoms with Crippen LogP contribution in [0.3, 0.4) is 0 Å². The van der Waals surface area contributed by atoms with E-state index < -0.39 is 0 Å². The van der Waals surface area contributed by atoms with Gasteiger partial charge in [0.2, 0.25) is 0 Å². The van der Waals surface area contributed by atoms with Gasteiger partial charge in [0.1, 0.15) is 0 Å². The lowest BCUT2D eigenvalue weighted by molar-refractivity contribution is 0.141. The van der Waals surface area contributed by atoms with Crippen molar-refractivity contribution >= 4 is 23.1 Å². The summed E-state index contributed by atoms with van der Waals surface area (Å²) in [5, 5.41) is 14.1. The first-order valence-electron chi connectivity index (χ1n) is 5.14. The van der Waals surface area contributed by atoms with Gasteiger partial charge in [0.25, 0.3) is 0 Å². The van der Waals surface area contributed by atoms with Crippen LogP contribution in [0, 0.1) is 5.92 Å². The van der Waals surface area contributed by atoms with Gasteiger partial charge in [-0.1, -0.05) is 0 Å². The van der Waals surface area contributed by atoms with Crippen LogP contribution >= 0.6 is 23.1 Å². The van der Waals surface area contributed by atoms with Crippen LogP contribution < -0.4 is 0 Å². The standard InChI is InChI=1S/C11H16OS2/c12-11(10-3-6-14-8-10)7-9-1-4-13-5-2-9/h3,6,8-9,11-12H,1-2,4-5,7H2. The first-order valence-corrected chi connectivity index (χ1v) is 7.24. The molecule has 1 unspecified atom stereocenters. The average Bonchev–Trinajstić information content (AvgIpc) is 2.72. The van der Waals surface area contributed by atoms with Crippen molar-refractivity contribution in [3.63, 3.8) is 0 Å². The summed E-state index contributed by atoms with van der Waals surface area (Å²) in [6, 6.07) is 2.03. The highest BCUT2D eigenvalue weighted by atomic mass is 32.2. The van der Waals surface area contributed by atoms with Crippen molar-refractivity contribution in [1.82, 2.24) is 0 Å². The summed E-state index contributed by atoms with van der Waals surface area (Å²) in [5.41, 5.74) is 1.10. The summed E-state index contributed by atoms with van der Waals surface area (Å²) < 4.78 is 0. The van der Waals surface area contributed by atoms with Gasteiger partial charge in [0.05, 0.1) is 6.10 Å². The molecule has 78 valence electrons. The highest BCUT2D eigenvalue weighted by Gasteiger charge is 2.18. The topological polar surface area (TPSA) is 20.2 Å². The summed E-state index contributed by atoms with van der Waals surface area (Å²) in [6.07, 6.45) is 3.30. The van der Waals surface area contributed by atoms with Gasteiger partial charge >= 0.3 is 0 Å². The highest BCUT2D eigenvalue weighted by Crippen LogP contribution is 2.31. The van der Waals surface area contributed by atoms with Crippen molar-refractivity contribution in [3.8, 4) is 0 Å². The molecule has 0 saturated carbocycles. The molecule has 0 aromatic carbocycles. The molecule has 1 aromatic heterocycles. The van der Waals surface area contributed by atoms with E-state index in [1.807, 2.05) is 23.2 Å². The second-order valence-electron chi connectivity index (χ2n) is 3.86. The van der Waals surface area contributed by atoms with Gasteiger partial charge in [-0.25, -0.2) is 0 Å². The van der Waals surface area contributed by atoms with Crippen molar-refractivity contribution in [3.05, 3.63) is 22.4 Å². The van der Waals surface area contributed by atoms with E-state index >= 15 is 0 Å². The molecule has 1 N–H and O–H groups in total. The minimum Gasteiger partial charge on any atom is -0.388 e. The van der Waals surface area contributed by atoms with Gasteiger partial charge in [-0.05, 0) is 59.1 Å². The fourth-order valence-corrected chi connectivity index (χ4v) is 3.81. The number of aliphatic hydroxyl groups excluding tert-OH is 1. The zero-order chi connectivity index (χ0) is 9.80. The van der Waals surface area contributed by atoms with Crippen LogP contribution in [0.15, 0.2) is 16.8 Å².